The number of hydrogen-bond donors (Lipinski definition) is 7. The van der Waals surface area contributed by atoms with Crippen LogP contribution in [-0.2, 0) is 33.8 Å². The van der Waals surface area contributed by atoms with Crippen molar-refractivity contribution in [2.24, 2.45) is 0 Å². The first-order valence-corrected chi connectivity index (χ1v) is 15.2. The van der Waals surface area contributed by atoms with E-state index in [4.69, 9.17) is 47.7 Å². The van der Waals surface area contributed by atoms with E-state index in [0.29, 0.717) is 5.56 Å². The molecule has 0 spiro atoms. The molecule has 52 heavy (non-hydrogen) atoms. The molecule has 0 saturated carbocycles. The van der Waals surface area contributed by atoms with E-state index in [1.807, 2.05) is 0 Å². The number of rotatable bonds is 13. The summed E-state index contributed by atoms with van der Waals surface area (Å²) in [6, 6.07) is 9.68. The van der Waals surface area contributed by atoms with Crippen LogP contribution in [0.15, 0.2) is 63.8 Å². The Hall–Kier alpha value is -5.15. The van der Waals surface area contributed by atoms with E-state index in [1.54, 1.807) is 0 Å². The molecule has 18 heteroatoms. The molecule has 1 aliphatic heterocycles. The molecule has 7 N–H and O–H groups in total. The van der Waals surface area contributed by atoms with Gasteiger partial charge in [-0.3, -0.25) is 4.79 Å². The van der Waals surface area contributed by atoms with Gasteiger partial charge in [-0.2, -0.15) is 14.7 Å². The third-order valence-electron chi connectivity index (χ3n) is 8.03. The number of aliphatic hydroxyl groups excluding tert-OH is 2. The van der Waals surface area contributed by atoms with Gasteiger partial charge in [0.15, 0.2) is 28.8 Å². The third kappa shape index (κ3) is 6.89. The van der Waals surface area contributed by atoms with Gasteiger partial charge in [-0.1, -0.05) is 12.1 Å². The van der Waals surface area contributed by atoms with Crippen molar-refractivity contribution in [2.75, 3.05) is 28.4 Å². The topological polar surface area (TPSA) is 255 Å². The number of aliphatic hydroxyl groups is 2. The molecule has 0 aliphatic carbocycles. The molecular formula is C34H36O18. The van der Waals surface area contributed by atoms with Crippen molar-refractivity contribution in [3.05, 3.63) is 70.4 Å². The van der Waals surface area contributed by atoms with E-state index in [0.717, 1.165) is 45.6 Å². The maximum Gasteiger partial charge on any atom is 0.373 e. The summed E-state index contributed by atoms with van der Waals surface area (Å²) in [4.78, 5) is 35.3. The average Bonchev–Trinajstić information content (AvgIpc) is 3.12. The van der Waals surface area contributed by atoms with Gasteiger partial charge in [0.2, 0.25) is 11.2 Å². The Balaban J connectivity index is 1.67. The van der Waals surface area contributed by atoms with Crippen LogP contribution in [0.3, 0.4) is 0 Å². The van der Waals surface area contributed by atoms with Crippen LogP contribution in [0.4, 0.5) is 0 Å². The van der Waals surface area contributed by atoms with Crippen LogP contribution in [0.2, 0.25) is 0 Å². The fourth-order valence-corrected chi connectivity index (χ4v) is 5.40. The van der Waals surface area contributed by atoms with Crippen molar-refractivity contribution in [1.29, 1.82) is 0 Å². The molecule has 4 aromatic rings. The number of benzene rings is 3. The lowest BCUT2D eigenvalue weighted by Crippen LogP contribution is -2.75. The summed E-state index contributed by atoms with van der Waals surface area (Å²) in [7, 11) is 4.53. The largest absolute Gasteiger partial charge is 0.508 e. The molecule has 0 unspecified atom stereocenters. The highest BCUT2D eigenvalue weighted by Crippen LogP contribution is 2.44. The molecular weight excluding hydrogens is 696 g/mol. The van der Waals surface area contributed by atoms with Gasteiger partial charge in [0.25, 0.3) is 6.29 Å². The van der Waals surface area contributed by atoms with Crippen molar-refractivity contribution >= 4 is 17.0 Å². The lowest BCUT2D eigenvalue weighted by Gasteiger charge is -2.51. The molecule has 18 nitrogen and oxygen atoms in total. The van der Waals surface area contributed by atoms with E-state index < -0.39 is 75.9 Å². The fourth-order valence-electron chi connectivity index (χ4n) is 5.40. The second-order valence-electron chi connectivity index (χ2n) is 11.2. The quantitative estimate of drug-likeness (QED) is 0.0451. The minimum atomic E-state index is -2.69. The molecule has 1 aliphatic rings. The van der Waals surface area contributed by atoms with Crippen LogP contribution in [0.5, 0.6) is 40.2 Å². The molecule has 280 valence electrons. The Bertz CT molecular complexity index is 1990. The van der Waals surface area contributed by atoms with Gasteiger partial charge in [-0.05, 0) is 48.9 Å². The van der Waals surface area contributed by atoms with E-state index in [-0.39, 0.29) is 28.4 Å². The first-order chi connectivity index (χ1) is 24.7. The number of ether oxygens (including phenoxy) is 5. The van der Waals surface area contributed by atoms with Crippen molar-refractivity contribution < 1.29 is 83.4 Å². The standard InChI is InChI=1S/C34H36O18/c1-16-28(40)32(42)33(44-3,51-46-5)34(45-4,49-16)52-50-26(11-7-17-6-9-21(37)24(12-17)43-2)48-31-29(41)27-23(39)14-19(35)15-25(27)47-30(31)18-8-10-20(36)22(38)13-18/h6-16,26,28,32,35-40,42H,1-5H3/t16-,26-,28+,32-,33-,34-/m0/s1. The second kappa shape index (κ2) is 15.2. The van der Waals surface area contributed by atoms with Crippen LogP contribution in [0.1, 0.15) is 12.5 Å². The first kappa shape index (κ1) is 38.1. The Morgan fingerprint density at radius 3 is 2.23 bits per heavy atom. The SMILES string of the molecule is COO[C@@]1(OC)[C@@H](O)[C@H](O)[C@H](C)O[C@]1(OC)OO[C@@H](C=Cc1ccc(O)c(OC)c1)Oc1c(-c2ccc(O)c(O)c2)oc2cc(O)cc(O)c2c1=O. The van der Waals surface area contributed by atoms with E-state index >= 15 is 0 Å². The number of aromatic hydroxyl groups is 5. The first-order valence-electron chi connectivity index (χ1n) is 15.2. The van der Waals surface area contributed by atoms with Crippen molar-refractivity contribution in [3.63, 3.8) is 0 Å². The zero-order valence-electron chi connectivity index (χ0n) is 28.2. The Labute approximate surface area is 294 Å². The molecule has 1 aromatic heterocycles. The highest BCUT2D eigenvalue weighted by Gasteiger charge is 2.71. The maximum absolute atomic E-state index is 14.0. The third-order valence-corrected chi connectivity index (χ3v) is 8.03. The van der Waals surface area contributed by atoms with Crippen LogP contribution in [0, 0.1) is 0 Å². The normalized spacial score (nSPS) is 23.9. The predicted octanol–water partition coefficient (Wildman–Crippen LogP) is 2.72. The van der Waals surface area contributed by atoms with Crippen molar-refractivity contribution in [3.8, 4) is 51.6 Å². The highest BCUT2D eigenvalue weighted by atomic mass is 17.3. The van der Waals surface area contributed by atoms with Crippen LogP contribution < -0.4 is 14.9 Å². The lowest BCUT2D eigenvalue weighted by molar-refractivity contribution is -0.635. The van der Waals surface area contributed by atoms with E-state index in [9.17, 15) is 40.5 Å². The Kier molecular flexibility index (Phi) is 11.1. The molecule has 1 fully saturated rings. The maximum atomic E-state index is 14.0. The molecule has 2 heterocycles. The van der Waals surface area contributed by atoms with E-state index in [1.165, 1.54) is 50.5 Å². The van der Waals surface area contributed by atoms with E-state index in [2.05, 4.69) is 0 Å². The predicted molar refractivity (Wildman–Crippen MR) is 175 cm³/mol. The molecule has 6 atom stereocenters. The summed E-state index contributed by atoms with van der Waals surface area (Å²) in [5.74, 6) is -8.56. The smallest absolute Gasteiger partial charge is 0.373 e. The fraction of sp³-hybridized carbons (Fsp3) is 0.324. The molecule has 0 bridgehead atoms. The summed E-state index contributed by atoms with van der Waals surface area (Å²) >= 11 is 0. The van der Waals surface area contributed by atoms with Crippen LogP contribution in [-0.4, -0.2) is 101 Å². The van der Waals surface area contributed by atoms with Crippen molar-refractivity contribution in [1.82, 2.24) is 0 Å². The summed E-state index contributed by atoms with van der Waals surface area (Å²) in [5, 5.41) is 72.3. The molecule has 3 aromatic carbocycles. The number of fused-ring (bicyclic) bond motifs is 1. The zero-order chi connectivity index (χ0) is 38.0. The molecule has 0 radical (unpaired) electrons. The Morgan fingerprint density at radius 2 is 1.58 bits per heavy atom. The number of phenolic OH excluding ortho intramolecular Hbond substituents is 5. The minimum Gasteiger partial charge on any atom is -0.508 e. The summed E-state index contributed by atoms with van der Waals surface area (Å²) in [5.41, 5.74) is -0.882. The second-order valence-corrected chi connectivity index (χ2v) is 11.2. The zero-order valence-corrected chi connectivity index (χ0v) is 28.2. The van der Waals surface area contributed by atoms with Crippen LogP contribution >= 0.6 is 0 Å². The molecule has 0 amide bonds. The van der Waals surface area contributed by atoms with Gasteiger partial charge in [0.05, 0.1) is 20.3 Å². The van der Waals surface area contributed by atoms with Gasteiger partial charge in [0.1, 0.15) is 34.7 Å². The van der Waals surface area contributed by atoms with Gasteiger partial charge >= 0.3 is 11.8 Å². The summed E-state index contributed by atoms with van der Waals surface area (Å²) < 4.78 is 33.8. The monoisotopic (exact) mass is 732 g/mol. The lowest BCUT2D eigenvalue weighted by atomic mass is 9.94. The average molecular weight is 733 g/mol. The van der Waals surface area contributed by atoms with Crippen LogP contribution in [0.25, 0.3) is 28.4 Å². The summed E-state index contributed by atoms with van der Waals surface area (Å²) in [6.45, 7) is 1.37. The van der Waals surface area contributed by atoms with Gasteiger partial charge in [-0.15, -0.1) is 0 Å². The number of hydrogen-bond acceptors (Lipinski definition) is 18. The summed E-state index contributed by atoms with van der Waals surface area (Å²) in [6.07, 6.45) is -4.02. The molecule has 5 rings (SSSR count). The number of methoxy groups -OCH3 is 3. The Morgan fingerprint density at radius 1 is 0.846 bits per heavy atom. The van der Waals surface area contributed by atoms with Gasteiger partial charge in [0, 0.05) is 31.9 Å². The van der Waals surface area contributed by atoms with Crippen molar-refractivity contribution in [2.45, 2.75) is 43.3 Å². The highest BCUT2D eigenvalue weighted by molar-refractivity contribution is 5.88. The van der Waals surface area contributed by atoms with Gasteiger partial charge in [-0.25, -0.2) is 4.89 Å². The minimum absolute atomic E-state index is 0.0131. The number of phenols is 5. The molecule has 1 saturated heterocycles. The van der Waals surface area contributed by atoms with Gasteiger partial charge < -0.3 is 63.8 Å².